The lowest BCUT2D eigenvalue weighted by Crippen LogP contribution is -2.02. The van der Waals surface area contributed by atoms with Gasteiger partial charge in [-0.05, 0) is 23.8 Å². The fourth-order valence-electron chi connectivity index (χ4n) is 1.55. The Labute approximate surface area is 105 Å². The van der Waals surface area contributed by atoms with Gasteiger partial charge in [-0.25, -0.2) is 4.79 Å². The molecule has 2 aromatic rings. The third kappa shape index (κ3) is 2.79. The Hall–Kier alpha value is -2.49. The fourth-order valence-corrected chi connectivity index (χ4v) is 1.55. The van der Waals surface area contributed by atoms with E-state index in [-0.39, 0.29) is 5.56 Å². The van der Waals surface area contributed by atoms with E-state index in [1.54, 1.807) is 6.07 Å². The molecule has 0 saturated carbocycles. The summed E-state index contributed by atoms with van der Waals surface area (Å²) in [6, 6.07) is 14.1. The summed E-state index contributed by atoms with van der Waals surface area (Å²) in [5.74, 6) is -0.514. The van der Waals surface area contributed by atoms with Gasteiger partial charge < -0.3 is 15.6 Å². The molecule has 0 atom stereocenters. The zero-order valence-corrected chi connectivity index (χ0v) is 9.67. The maximum Gasteiger partial charge on any atom is 0.335 e. The molecule has 0 bridgehead atoms. The van der Waals surface area contributed by atoms with Crippen LogP contribution in [0.1, 0.15) is 15.9 Å². The number of ether oxygens (including phenoxy) is 1. The van der Waals surface area contributed by atoms with E-state index in [0.29, 0.717) is 18.0 Å². The molecule has 0 amide bonds. The van der Waals surface area contributed by atoms with Crippen LogP contribution in [0.5, 0.6) is 5.75 Å². The maximum absolute atomic E-state index is 10.7. The van der Waals surface area contributed by atoms with Gasteiger partial charge in [0, 0.05) is 0 Å². The van der Waals surface area contributed by atoms with Crippen LogP contribution in [0.4, 0.5) is 5.69 Å². The number of hydrogen-bond acceptors (Lipinski definition) is 3. The number of nitrogen functional groups attached to an aromatic ring is 1. The second kappa shape index (κ2) is 5.23. The molecule has 0 aliphatic carbocycles. The van der Waals surface area contributed by atoms with Gasteiger partial charge in [-0.15, -0.1) is 0 Å². The van der Waals surface area contributed by atoms with Crippen molar-refractivity contribution in [1.29, 1.82) is 0 Å². The van der Waals surface area contributed by atoms with Crippen LogP contribution in [-0.4, -0.2) is 11.1 Å². The largest absolute Gasteiger partial charge is 0.487 e. The number of anilines is 1. The number of hydrogen-bond donors (Lipinski definition) is 2. The molecule has 0 radical (unpaired) electrons. The van der Waals surface area contributed by atoms with E-state index in [2.05, 4.69) is 0 Å². The smallest absolute Gasteiger partial charge is 0.335 e. The van der Waals surface area contributed by atoms with Crippen LogP contribution < -0.4 is 10.5 Å². The van der Waals surface area contributed by atoms with E-state index >= 15 is 0 Å². The van der Waals surface area contributed by atoms with Gasteiger partial charge in [-0.1, -0.05) is 30.3 Å². The van der Waals surface area contributed by atoms with Gasteiger partial charge in [0.2, 0.25) is 0 Å². The standard InChI is InChI=1S/C14H13NO3/c15-12-8-11(14(16)17)6-7-13(12)18-9-10-4-2-1-3-5-10/h1-8H,9,15H2,(H,16,17). The lowest BCUT2D eigenvalue weighted by atomic mass is 10.2. The number of carboxylic acid groups (broad SMARTS) is 1. The first-order valence-electron chi connectivity index (χ1n) is 5.46. The van der Waals surface area contributed by atoms with E-state index in [4.69, 9.17) is 15.6 Å². The summed E-state index contributed by atoms with van der Waals surface area (Å²) in [6.07, 6.45) is 0. The summed E-state index contributed by atoms with van der Waals surface area (Å²) < 4.78 is 5.54. The molecule has 0 heterocycles. The number of rotatable bonds is 4. The highest BCUT2D eigenvalue weighted by Crippen LogP contribution is 2.23. The van der Waals surface area contributed by atoms with Crippen LogP contribution in [0, 0.1) is 0 Å². The molecular weight excluding hydrogens is 230 g/mol. The second-order valence-corrected chi connectivity index (χ2v) is 3.83. The molecule has 0 fully saturated rings. The van der Waals surface area contributed by atoms with Gasteiger partial charge in [-0.2, -0.15) is 0 Å². The van der Waals surface area contributed by atoms with Crippen molar-refractivity contribution in [1.82, 2.24) is 0 Å². The van der Waals surface area contributed by atoms with Gasteiger partial charge in [0.15, 0.2) is 0 Å². The minimum Gasteiger partial charge on any atom is -0.487 e. The van der Waals surface area contributed by atoms with Crippen molar-refractivity contribution in [2.75, 3.05) is 5.73 Å². The van der Waals surface area contributed by atoms with Crippen LogP contribution in [-0.2, 0) is 6.61 Å². The van der Waals surface area contributed by atoms with Crippen molar-refractivity contribution in [3.63, 3.8) is 0 Å². The van der Waals surface area contributed by atoms with Crippen LogP contribution in [0.2, 0.25) is 0 Å². The second-order valence-electron chi connectivity index (χ2n) is 3.83. The third-order valence-corrected chi connectivity index (χ3v) is 2.49. The molecule has 2 rings (SSSR count). The minimum atomic E-state index is -1.00. The number of carboxylic acids is 1. The van der Waals surface area contributed by atoms with Crippen molar-refractivity contribution in [3.8, 4) is 5.75 Å². The van der Waals surface area contributed by atoms with Crippen molar-refractivity contribution in [2.45, 2.75) is 6.61 Å². The van der Waals surface area contributed by atoms with Gasteiger partial charge >= 0.3 is 5.97 Å². The molecule has 0 spiro atoms. The average molecular weight is 243 g/mol. The molecule has 4 heteroatoms. The molecular formula is C14H13NO3. The number of carbonyl (C=O) groups is 1. The topological polar surface area (TPSA) is 72.6 Å². The van der Waals surface area contributed by atoms with Crippen LogP contribution in [0.15, 0.2) is 48.5 Å². The minimum absolute atomic E-state index is 0.152. The van der Waals surface area contributed by atoms with E-state index in [1.165, 1.54) is 12.1 Å². The van der Waals surface area contributed by atoms with Crippen molar-refractivity contribution in [2.24, 2.45) is 0 Å². The Kier molecular flexibility index (Phi) is 3.48. The normalized spacial score (nSPS) is 10.0. The Balaban J connectivity index is 2.08. The summed E-state index contributed by atoms with van der Waals surface area (Å²) in [6.45, 7) is 0.400. The number of benzene rings is 2. The van der Waals surface area contributed by atoms with Gasteiger partial charge in [0.1, 0.15) is 12.4 Å². The Bertz CT molecular complexity index is 552. The van der Waals surface area contributed by atoms with Crippen LogP contribution in [0.25, 0.3) is 0 Å². The Morgan fingerprint density at radius 1 is 1.17 bits per heavy atom. The quantitative estimate of drug-likeness (QED) is 0.809. The van der Waals surface area contributed by atoms with E-state index in [1.807, 2.05) is 30.3 Å². The fraction of sp³-hybridized carbons (Fsp3) is 0.0714. The third-order valence-electron chi connectivity index (χ3n) is 2.49. The zero-order valence-electron chi connectivity index (χ0n) is 9.67. The number of nitrogens with two attached hydrogens (primary N) is 1. The molecule has 0 aromatic heterocycles. The van der Waals surface area contributed by atoms with Crippen LogP contribution in [0.3, 0.4) is 0 Å². The molecule has 0 aliphatic heterocycles. The molecule has 0 unspecified atom stereocenters. The van der Waals surface area contributed by atoms with Crippen molar-refractivity contribution in [3.05, 3.63) is 59.7 Å². The zero-order chi connectivity index (χ0) is 13.0. The first-order valence-corrected chi connectivity index (χ1v) is 5.46. The highest BCUT2D eigenvalue weighted by Gasteiger charge is 2.07. The van der Waals surface area contributed by atoms with E-state index in [9.17, 15) is 4.79 Å². The summed E-state index contributed by atoms with van der Waals surface area (Å²) in [5, 5.41) is 8.81. The molecule has 0 saturated heterocycles. The molecule has 2 aromatic carbocycles. The molecule has 3 N–H and O–H groups in total. The van der Waals surface area contributed by atoms with Gasteiger partial charge in [-0.3, -0.25) is 0 Å². The van der Waals surface area contributed by atoms with E-state index < -0.39 is 5.97 Å². The van der Waals surface area contributed by atoms with Crippen LogP contribution >= 0.6 is 0 Å². The van der Waals surface area contributed by atoms with E-state index in [0.717, 1.165) is 5.56 Å². The predicted octanol–water partition coefficient (Wildman–Crippen LogP) is 2.55. The Morgan fingerprint density at radius 2 is 1.89 bits per heavy atom. The molecule has 92 valence electrons. The first-order chi connectivity index (χ1) is 8.66. The molecule has 0 aliphatic rings. The van der Waals surface area contributed by atoms with Gasteiger partial charge in [0.05, 0.1) is 11.3 Å². The van der Waals surface area contributed by atoms with Crippen molar-refractivity contribution < 1.29 is 14.6 Å². The average Bonchev–Trinajstić information content (AvgIpc) is 2.38. The van der Waals surface area contributed by atoms with Gasteiger partial charge in [0.25, 0.3) is 0 Å². The van der Waals surface area contributed by atoms with Crippen molar-refractivity contribution >= 4 is 11.7 Å². The monoisotopic (exact) mass is 243 g/mol. The summed E-state index contributed by atoms with van der Waals surface area (Å²) in [4.78, 5) is 10.7. The lowest BCUT2D eigenvalue weighted by molar-refractivity contribution is 0.0697. The molecule has 18 heavy (non-hydrogen) atoms. The highest BCUT2D eigenvalue weighted by atomic mass is 16.5. The first kappa shape index (κ1) is 12.0. The Morgan fingerprint density at radius 3 is 2.50 bits per heavy atom. The lowest BCUT2D eigenvalue weighted by Gasteiger charge is -2.09. The summed E-state index contributed by atoms with van der Waals surface area (Å²) >= 11 is 0. The highest BCUT2D eigenvalue weighted by molar-refractivity contribution is 5.89. The predicted molar refractivity (Wildman–Crippen MR) is 68.6 cm³/mol. The molecule has 4 nitrogen and oxygen atoms in total. The number of aromatic carboxylic acids is 1. The summed E-state index contributed by atoms with van der Waals surface area (Å²) in [7, 11) is 0. The SMILES string of the molecule is Nc1cc(C(=O)O)ccc1OCc1ccccc1. The maximum atomic E-state index is 10.7. The summed E-state index contributed by atoms with van der Waals surface area (Å²) in [5.41, 5.74) is 7.24.